The third-order valence-electron chi connectivity index (χ3n) is 4.02. The summed E-state index contributed by atoms with van der Waals surface area (Å²) in [4.78, 5) is 26.4. The molecule has 1 aromatic rings. The van der Waals surface area contributed by atoms with Crippen LogP contribution in [0.3, 0.4) is 0 Å². The molecule has 0 spiro atoms. The number of nitrogens with one attached hydrogen (secondary N) is 1. The van der Waals surface area contributed by atoms with Crippen LogP contribution in [-0.2, 0) is 4.74 Å². The van der Waals surface area contributed by atoms with Crippen LogP contribution in [0.25, 0.3) is 0 Å². The molecular weight excluding hydrogens is 280 g/mol. The minimum atomic E-state index is -0.413. The Morgan fingerprint density at radius 3 is 2.77 bits per heavy atom. The maximum absolute atomic E-state index is 12.5. The molecule has 0 aromatic heterocycles. The number of hydrogen-bond donors (Lipinski definition) is 1. The van der Waals surface area contributed by atoms with Crippen molar-refractivity contribution in [1.82, 2.24) is 4.90 Å². The second-order valence-corrected chi connectivity index (χ2v) is 5.45. The lowest BCUT2D eigenvalue weighted by atomic mass is 10.0. The highest BCUT2D eigenvalue weighted by atomic mass is 16.5. The summed E-state index contributed by atoms with van der Waals surface area (Å²) in [6.45, 7) is 4.94. The average molecular weight is 304 g/mol. The van der Waals surface area contributed by atoms with Gasteiger partial charge in [0.05, 0.1) is 17.9 Å². The van der Waals surface area contributed by atoms with Gasteiger partial charge in [-0.2, -0.15) is 0 Å². The van der Waals surface area contributed by atoms with Crippen molar-refractivity contribution in [2.45, 2.75) is 45.6 Å². The molecule has 0 saturated carbocycles. The molecule has 0 bridgehead atoms. The van der Waals surface area contributed by atoms with Crippen molar-refractivity contribution >= 4 is 17.7 Å². The summed E-state index contributed by atoms with van der Waals surface area (Å²) in [7, 11) is 0. The molecule has 1 unspecified atom stereocenters. The summed E-state index contributed by atoms with van der Waals surface area (Å²) in [6.07, 6.45) is 4.20. The van der Waals surface area contributed by atoms with E-state index in [2.05, 4.69) is 12.2 Å². The van der Waals surface area contributed by atoms with Crippen LogP contribution in [-0.4, -0.2) is 36.1 Å². The Morgan fingerprint density at radius 1 is 1.27 bits per heavy atom. The number of urea groups is 1. The van der Waals surface area contributed by atoms with Crippen molar-refractivity contribution in [2.75, 3.05) is 18.5 Å². The maximum atomic E-state index is 12.5. The molecule has 1 saturated heterocycles. The standard InChI is InChI=1S/C17H24N2O3/c1-3-13-9-7-8-12-19(13)17(21)18-15-11-6-5-10-14(15)16(20)22-4-2/h5-6,10-11,13H,3-4,7-9,12H2,1-2H3,(H,18,21). The summed E-state index contributed by atoms with van der Waals surface area (Å²) in [6, 6.07) is 7.10. The highest BCUT2D eigenvalue weighted by molar-refractivity contribution is 6.00. The normalized spacial score (nSPS) is 17.9. The maximum Gasteiger partial charge on any atom is 0.340 e. The summed E-state index contributed by atoms with van der Waals surface area (Å²) < 4.78 is 5.03. The first-order chi connectivity index (χ1) is 10.7. The fraction of sp³-hybridized carbons (Fsp3) is 0.529. The minimum Gasteiger partial charge on any atom is -0.462 e. The van der Waals surface area contributed by atoms with Gasteiger partial charge in [0.1, 0.15) is 0 Å². The summed E-state index contributed by atoms with van der Waals surface area (Å²) >= 11 is 0. The largest absolute Gasteiger partial charge is 0.462 e. The van der Waals surface area contributed by atoms with Crippen molar-refractivity contribution in [1.29, 1.82) is 0 Å². The number of hydrogen-bond acceptors (Lipinski definition) is 3. The Kier molecular flexibility index (Phi) is 5.81. The van der Waals surface area contributed by atoms with E-state index in [4.69, 9.17) is 4.74 Å². The lowest BCUT2D eigenvalue weighted by molar-refractivity contribution is 0.0527. The molecule has 2 amide bonds. The Balaban J connectivity index is 2.12. The molecule has 5 nitrogen and oxygen atoms in total. The number of esters is 1. The van der Waals surface area contributed by atoms with Gasteiger partial charge in [-0.25, -0.2) is 9.59 Å². The topological polar surface area (TPSA) is 58.6 Å². The quantitative estimate of drug-likeness (QED) is 0.864. The van der Waals surface area contributed by atoms with Gasteiger partial charge in [-0.3, -0.25) is 0 Å². The molecule has 1 fully saturated rings. The van der Waals surface area contributed by atoms with E-state index in [-0.39, 0.29) is 12.1 Å². The number of ether oxygens (including phenoxy) is 1. The van der Waals surface area contributed by atoms with Crippen molar-refractivity contribution in [2.24, 2.45) is 0 Å². The van der Waals surface area contributed by atoms with Crippen LogP contribution in [0.15, 0.2) is 24.3 Å². The minimum absolute atomic E-state index is 0.136. The molecule has 120 valence electrons. The highest BCUT2D eigenvalue weighted by Gasteiger charge is 2.26. The molecule has 0 aliphatic carbocycles. The van der Waals surface area contributed by atoms with Gasteiger partial charge in [-0.15, -0.1) is 0 Å². The van der Waals surface area contributed by atoms with Gasteiger partial charge in [0.15, 0.2) is 0 Å². The molecule has 1 aliphatic heterocycles. The monoisotopic (exact) mass is 304 g/mol. The Morgan fingerprint density at radius 2 is 2.05 bits per heavy atom. The second-order valence-electron chi connectivity index (χ2n) is 5.45. The Labute approximate surface area is 131 Å². The van der Waals surface area contributed by atoms with Crippen LogP contribution < -0.4 is 5.32 Å². The number of likely N-dealkylation sites (tertiary alicyclic amines) is 1. The molecular formula is C17H24N2O3. The van der Waals surface area contributed by atoms with Crippen LogP contribution in [0.2, 0.25) is 0 Å². The number of rotatable bonds is 4. The Bertz CT molecular complexity index is 530. The molecule has 1 heterocycles. The van der Waals surface area contributed by atoms with Crippen LogP contribution in [0.4, 0.5) is 10.5 Å². The van der Waals surface area contributed by atoms with Crippen LogP contribution in [0, 0.1) is 0 Å². The number of para-hydroxylation sites is 1. The summed E-state index contributed by atoms with van der Waals surface area (Å²) in [5.74, 6) is -0.413. The zero-order chi connectivity index (χ0) is 15.9. The van der Waals surface area contributed by atoms with Gasteiger partial charge in [0.2, 0.25) is 0 Å². The van der Waals surface area contributed by atoms with Gasteiger partial charge in [-0.1, -0.05) is 19.1 Å². The van der Waals surface area contributed by atoms with E-state index in [1.165, 1.54) is 6.42 Å². The van der Waals surface area contributed by atoms with Crippen molar-refractivity contribution < 1.29 is 14.3 Å². The van der Waals surface area contributed by atoms with E-state index in [0.717, 1.165) is 25.8 Å². The average Bonchev–Trinajstić information content (AvgIpc) is 2.55. The molecule has 1 N–H and O–H groups in total. The van der Waals surface area contributed by atoms with Crippen LogP contribution in [0.1, 0.15) is 49.9 Å². The van der Waals surface area contributed by atoms with E-state index in [1.54, 1.807) is 31.2 Å². The van der Waals surface area contributed by atoms with Gasteiger partial charge in [0.25, 0.3) is 0 Å². The zero-order valence-electron chi connectivity index (χ0n) is 13.3. The second kappa shape index (κ2) is 7.82. The van der Waals surface area contributed by atoms with E-state index in [1.807, 2.05) is 4.90 Å². The summed E-state index contributed by atoms with van der Waals surface area (Å²) in [5, 5.41) is 2.87. The van der Waals surface area contributed by atoms with Gasteiger partial charge in [-0.05, 0) is 44.7 Å². The Hall–Kier alpha value is -2.04. The smallest absolute Gasteiger partial charge is 0.340 e. The lowest BCUT2D eigenvalue weighted by Gasteiger charge is -2.35. The van der Waals surface area contributed by atoms with Crippen molar-refractivity contribution in [3.05, 3.63) is 29.8 Å². The zero-order valence-corrected chi connectivity index (χ0v) is 13.3. The van der Waals surface area contributed by atoms with Gasteiger partial charge in [0, 0.05) is 12.6 Å². The number of carbonyl (C=O) groups is 2. The predicted molar refractivity (Wildman–Crippen MR) is 86.1 cm³/mol. The number of nitrogens with zero attached hydrogens (tertiary/aromatic N) is 1. The number of carbonyl (C=O) groups excluding carboxylic acids is 2. The SMILES string of the molecule is CCOC(=O)c1ccccc1NC(=O)N1CCCCC1CC. The number of benzene rings is 1. The van der Waals surface area contributed by atoms with Gasteiger partial charge < -0.3 is 15.0 Å². The molecule has 1 aromatic carbocycles. The number of amides is 2. The van der Waals surface area contributed by atoms with Gasteiger partial charge >= 0.3 is 12.0 Å². The first-order valence-corrected chi connectivity index (χ1v) is 8.01. The van der Waals surface area contributed by atoms with Crippen molar-refractivity contribution in [3.63, 3.8) is 0 Å². The van der Waals surface area contributed by atoms with Crippen molar-refractivity contribution in [3.8, 4) is 0 Å². The molecule has 1 atom stereocenters. The van der Waals surface area contributed by atoms with E-state index >= 15 is 0 Å². The third kappa shape index (κ3) is 3.78. The fourth-order valence-electron chi connectivity index (χ4n) is 2.86. The summed E-state index contributed by atoms with van der Waals surface area (Å²) in [5.41, 5.74) is 0.897. The number of piperidine rings is 1. The van der Waals surface area contributed by atoms with Crippen LogP contribution in [0.5, 0.6) is 0 Å². The fourth-order valence-corrected chi connectivity index (χ4v) is 2.86. The molecule has 1 aliphatic rings. The molecule has 22 heavy (non-hydrogen) atoms. The van der Waals surface area contributed by atoms with Crippen LogP contribution >= 0.6 is 0 Å². The molecule has 0 radical (unpaired) electrons. The van der Waals surface area contributed by atoms with E-state index in [9.17, 15) is 9.59 Å². The van der Waals surface area contributed by atoms with E-state index in [0.29, 0.717) is 17.9 Å². The molecule has 2 rings (SSSR count). The number of anilines is 1. The predicted octanol–water partition coefficient (Wildman–Crippen LogP) is 3.66. The lowest BCUT2D eigenvalue weighted by Crippen LogP contribution is -2.45. The first-order valence-electron chi connectivity index (χ1n) is 8.01. The molecule has 5 heteroatoms. The first kappa shape index (κ1) is 16.3. The van der Waals surface area contributed by atoms with E-state index < -0.39 is 5.97 Å². The highest BCUT2D eigenvalue weighted by Crippen LogP contribution is 2.22. The third-order valence-corrected chi connectivity index (χ3v) is 4.02.